The van der Waals surface area contributed by atoms with Gasteiger partial charge in [-0.05, 0) is 31.9 Å². The molecule has 0 spiro atoms. The zero-order valence-corrected chi connectivity index (χ0v) is 15.4. The Morgan fingerprint density at radius 3 is 2.50 bits per heavy atom. The summed E-state index contributed by atoms with van der Waals surface area (Å²) in [4.78, 5) is 32.4. The molecule has 2 fully saturated rings. The normalized spacial score (nSPS) is 18.5. The molecule has 142 valence electrons. The molecule has 1 aromatic rings. The van der Waals surface area contributed by atoms with Crippen LogP contribution in [0.5, 0.6) is 0 Å². The average molecular weight is 360 g/mol. The molecule has 0 unspecified atom stereocenters. The van der Waals surface area contributed by atoms with Gasteiger partial charge in [0.1, 0.15) is 5.82 Å². The molecular formula is C19H28N4O3. The third kappa shape index (κ3) is 4.65. The van der Waals surface area contributed by atoms with Crippen molar-refractivity contribution in [2.75, 3.05) is 37.7 Å². The van der Waals surface area contributed by atoms with Crippen molar-refractivity contribution < 1.29 is 14.3 Å². The van der Waals surface area contributed by atoms with Gasteiger partial charge in [0.25, 0.3) is 5.91 Å². The van der Waals surface area contributed by atoms with Gasteiger partial charge in [-0.3, -0.25) is 4.79 Å². The van der Waals surface area contributed by atoms with Gasteiger partial charge in [-0.25, -0.2) is 9.78 Å². The third-order valence-corrected chi connectivity index (χ3v) is 5.08. The van der Waals surface area contributed by atoms with E-state index >= 15 is 0 Å². The second kappa shape index (κ2) is 8.87. The Balaban J connectivity index is 1.51. The maximum atomic E-state index is 12.4. The lowest BCUT2D eigenvalue weighted by Crippen LogP contribution is -2.49. The number of aromatic nitrogens is 1. The van der Waals surface area contributed by atoms with Gasteiger partial charge < -0.3 is 19.9 Å². The monoisotopic (exact) mass is 360 g/mol. The fourth-order valence-corrected chi connectivity index (χ4v) is 3.56. The highest BCUT2D eigenvalue weighted by atomic mass is 16.6. The topological polar surface area (TPSA) is 74.8 Å². The van der Waals surface area contributed by atoms with Crippen molar-refractivity contribution in [2.24, 2.45) is 0 Å². The van der Waals surface area contributed by atoms with Crippen LogP contribution in [0, 0.1) is 0 Å². The predicted octanol–water partition coefficient (Wildman–Crippen LogP) is 2.42. The number of hydrogen-bond donors (Lipinski definition) is 1. The summed E-state index contributed by atoms with van der Waals surface area (Å²) in [5.74, 6) is 0.797. The first-order chi connectivity index (χ1) is 12.7. The molecule has 2 heterocycles. The molecule has 7 heteroatoms. The fraction of sp³-hybridized carbons (Fsp3) is 0.632. The molecule has 26 heavy (non-hydrogen) atoms. The number of amides is 2. The smallest absolute Gasteiger partial charge is 0.409 e. The molecule has 1 N–H and O–H groups in total. The first kappa shape index (κ1) is 18.5. The SMILES string of the molecule is CCOC(=O)N1CCN(c2ccc(C(=O)NC3CCCCC3)cn2)CC1. The summed E-state index contributed by atoms with van der Waals surface area (Å²) in [5.41, 5.74) is 0.601. The van der Waals surface area contributed by atoms with E-state index in [4.69, 9.17) is 4.74 Å². The molecule has 3 rings (SSSR count). The van der Waals surface area contributed by atoms with E-state index < -0.39 is 0 Å². The molecule has 2 amide bonds. The maximum Gasteiger partial charge on any atom is 0.409 e. The van der Waals surface area contributed by atoms with Crippen molar-refractivity contribution >= 4 is 17.8 Å². The summed E-state index contributed by atoms with van der Waals surface area (Å²) in [7, 11) is 0. The zero-order valence-electron chi connectivity index (χ0n) is 15.4. The highest BCUT2D eigenvalue weighted by Crippen LogP contribution is 2.18. The maximum absolute atomic E-state index is 12.4. The van der Waals surface area contributed by atoms with Crippen LogP contribution in [-0.4, -0.2) is 60.7 Å². The Hall–Kier alpha value is -2.31. The largest absolute Gasteiger partial charge is 0.450 e. The van der Waals surface area contributed by atoms with Crippen molar-refractivity contribution in [3.63, 3.8) is 0 Å². The lowest BCUT2D eigenvalue weighted by Gasteiger charge is -2.34. The molecule has 1 saturated heterocycles. The van der Waals surface area contributed by atoms with Crippen molar-refractivity contribution in [2.45, 2.75) is 45.1 Å². The Bertz CT molecular complexity index is 606. The summed E-state index contributed by atoms with van der Waals surface area (Å²) in [6, 6.07) is 4.01. The van der Waals surface area contributed by atoms with Crippen molar-refractivity contribution in [3.05, 3.63) is 23.9 Å². The average Bonchev–Trinajstić information content (AvgIpc) is 2.69. The van der Waals surface area contributed by atoms with Gasteiger partial charge in [-0.1, -0.05) is 19.3 Å². The number of hydrogen-bond acceptors (Lipinski definition) is 5. The van der Waals surface area contributed by atoms with Crippen LogP contribution in [0.25, 0.3) is 0 Å². The molecule has 1 aliphatic heterocycles. The van der Waals surface area contributed by atoms with Crippen LogP contribution in [0.3, 0.4) is 0 Å². The number of carbonyl (C=O) groups is 2. The number of nitrogens with one attached hydrogen (secondary N) is 1. The van der Waals surface area contributed by atoms with Crippen LogP contribution in [0.4, 0.5) is 10.6 Å². The van der Waals surface area contributed by atoms with E-state index in [9.17, 15) is 9.59 Å². The van der Waals surface area contributed by atoms with Gasteiger partial charge in [0.2, 0.25) is 0 Å². The second-order valence-electron chi connectivity index (χ2n) is 6.89. The van der Waals surface area contributed by atoms with E-state index in [1.54, 1.807) is 11.1 Å². The lowest BCUT2D eigenvalue weighted by molar-refractivity contribution is 0.0926. The van der Waals surface area contributed by atoms with Gasteiger partial charge in [-0.2, -0.15) is 0 Å². The van der Waals surface area contributed by atoms with Gasteiger partial charge in [-0.15, -0.1) is 0 Å². The van der Waals surface area contributed by atoms with Crippen molar-refractivity contribution in [1.29, 1.82) is 0 Å². The van der Waals surface area contributed by atoms with E-state index in [-0.39, 0.29) is 12.0 Å². The molecule has 2 aliphatic rings. The first-order valence-electron chi connectivity index (χ1n) is 9.61. The summed E-state index contributed by atoms with van der Waals surface area (Å²) in [6.07, 6.45) is 7.19. The highest BCUT2D eigenvalue weighted by molar-refractivity contribution is 5.94. The molecule has 0 atom stereocenters. The van der Waals surface area contributed by atoms with Crippen LogP contribution in [0.1, 0.15) is 49.4 Å². The minimum Gasteiger partial charge on any atom is -0.450 e. The molecule has 0 radical (unpaired) electrons. The number of nitrogens with zero attached hydrogens (tertiary/aromatic N) is 3. The van der Waals surface area contributed by atoms with Gasteiger partial charge in [0, 0.05) is 38.4 Å². The number of pyridine rings is 1. The van der Waals surface area contributed by atoms with E-state index in [1.165, 1.54) is 19.3 Å². The minimum absolute atomic E-state index is 0.0388. The van der Waals surface area contributed by atoms with E-state index in [2.05, 4.69) is 15.2 Å². The summed E-state index contributed by atoms with van der Waals surface area (Å²) in [5, 5.41) is 3.11. The molecular weight excluding hydrogens is 332 g/mol. The molecule has 1 saturated carbocycles. The molecule has 1 aliphatic carbocycles. The summed E-state index contributed by atoms with van der Waals surface area (Å²) < 4.78 is 5.04. The Morgan fingerprint density at radius 2 is 1.88 bits per heavy atom. The number of piperazine rings is 1. The third-order valence-electron chi connectivity index (χ3n) is 5.08. The molecule has 7 nitrogen and oxygen atoms in total. The van der Waals surface area contributed by atoms with E-state index in [0.29, 0.717) is 44.4 Å². The van der Waals surface area contributed by atoms with Crippen molar-refractivity contribution in [1.82, 2.24) is 15.2 Å². The van der Waals surface area contributed by atoms with Crippen LogP contribution in [0.2, 0.25) is 0 Å². The number of rotatable bonds is 4. The number of ether oxygens (including phenoxy) is 1. The number of anilines is 1. The standard InChI is InChI=1S/C19H28N4O3/c1-2-26-19(25)23-12-10-22(11-13-23)17-9-8-15(14-20-17)18(24)21-16-6-4-3-5-7-16/h8-9,14,16H,2-7,10-13H2,1H3,(H,21,24). The predicted molar refractivity (Wildman–Crippen MR) is 99.4 cm³/mol. The Labute approximate surface area is 154 Å². The first-order valence-corrected chi connectivity index (χ1v) is 9.61. The van der Waals surface area contributed by atoms with Crippen LogP contribution >= 0.6 is 0 Å². The van der Waals surface area contributed by atoms with E-state index in [0.717, 1.165) is 18.7 Å². The van der Waals surface area contributed by atoms with Crippen LogP contribution in [-0.2, 0) is 4.74 Å². The number of carbonyl (C=O) groups excluding carboxylic acids is 2. The Morgan fingerprint density at radius 1 is 1.15 bits per heavy atom. The molecule has 0 bridgehead atoms. The van der Waals surface area contributed by atoms with Crippen LogP contribution < -0.4 is 10.2 Å². The molecule has 0 aromatic carbocycles. The summed E-state index contributed by atoms with van der Waals surface area (Å²) in [6.45, 7) is 4.85. The zero-order chi connectivity index (χ0) is 18.4. The van der Waals surface area contributed by atoms with Gasteiger partial charge in [0.05, 0.1) is 12.2 Å². The van der Waals surface area contributed by atoms with E-state index in [1.807, 2.05) is 19.1 Å². The summed E-state index contributed by atoms with van der Waals surface area (Å²) >= 11 is 0. The quantitative estimate of drug-likeness (QED) is 0.892. The minimum atomic E-state index is -0.255. The van der Waals surface area contributed by atoms with Gasteiger partial charge in [0.15, 0.2) is 0 Å². The van der Waals surface area contributed by atoms with Crippen molar-refractivity contribution in [3.8, 4) is 0 Å². The lowest BCUT2D eigenvalue weighted by atomic mass is 9.95. The highest BCUT2D eigenvalue weighted by Gasteiger charge is 2.23. The second-order valence-corrected chi connectivity index (χ2v) is 6.89. The molecule has 1 aromatic heterocycles. The Kier molecular flexibility index (Phi) is 6.30. The fourth-order valence-electron chi connectivity index (χ4n) is 3.56. The van der Waals surface area contributed by atoms with Gasteiger partial charge >= 0.3 is 6.09 Å². The van der Waals surface area contributed by atoms with Crippen LogP contribution in [0.15, 0.2) is 18.3 Å².